The lowest BCUT2D eigenvalue weighted by atomic mass is 10.1. The second-order valence-corrected chi connectivity index (χ2v) is 7.33. The van der Waals surface area contributed by atoms with Crippen molar-refractivity contribution in [2.24, 2.45) is 5.73 Å². The first-order valence-electron chi connectivity index (χ1n) is 8.83. The van der Waals surface area contributed by atoms with E-state index in [9.17, 15) is 14.4 Å². The molecule has 0 saturated heterocycles. The van der Waals surface area contributed by atoms with Crippen molar-refractivity contribution >= 4 is 45.1 Å². The van der Waals surface area contributed by atoms with Gasteiger partial charge in [-0.05, 0) is 31.4 Å². The van der Waals surface area contributed by atoms with Crippen molar-refractivity contribution < 1.29 is 28.3 Å². The Kier molecular flexibility index (Phi) is 6.30. The Morgan fingerprint density at radius 3 is 2.69 bits per heavy atom. The molecule has 29 heavy (non-hydrogen) atoms. The molecule has 3 aromatic rings. The number of benzene rings is 1. The maximum absolute atomic E-state index is 12.5. The van der Waals surface area contributed by atoms with Crippen molar-refractivity contribution in [1.29, 1.82) is 0 Å². The van der Waals surface area contributed by atoms with Crippen LogP contribution in [0.15, 0.2) is 40.1 Å². The molecule has 2 amide bonds. The van der Waals surface area contributed by atoms with E-state index < -0.39 is 24.4 Å². The number of hydrogen-bond acceptors (Lipinski definition) is 7. The molecule has 2 heterocycles. The fraction of sp³-hybridized carbons (Fsp3) is 0.250. The van der Waals surface area contributed by atoms with Crippen LogP contribution in [0.1, 0.15) is 40.3 Å². The van der Waals surface area contributed by atoms with Gasteiger partial charge in [0.15, 0.2) is 6.61 Å². The van der Waals surface area contributed by atoms with Crippen LogP contribution < -0.4 is 11.1 Å². The van der Waals surface area contributed by atoms with Crippen LogP contribution in [0.4, 0.5) is 5.00 Å². The maximum atomic E-state index is 12.5. The first-order valence-corrected chi connectivity index (χ1v) is 9.71. The van der Waals surface area contributed by atoms with Gasteiger partial charge in [0.05, 0.1) is 18.3 Å². The number of carbonyl (C=O) groups excluding carboxylic acids is 3. The van der Waals surface area contributed by atoms with Crippen molar-refractivity contribution in [3.05, 3.63) is 52.6 Å². The normalized spacial score (nSPS) is 11.0. The Morgan fingerprint density at radius 2 is 1.97 bits per heavy atom. The van der Waals surface area contributed by atoms with Crippen molar-refractivity contribution in [1.82, 2.24) is 0 Å². The van der Waals surface area contributed by atoms with Crippen molar-refractivity contribution in [2.45, 2.75) is 26.6 Å². The molecule has 1 aromatic carbocycles. The number of primary amides is 1. The number of ether oxygens (including phenoxy) is 2. The van der Waals surface area contributed by atoms with E-state index in [0.717, 1.165) is 16.7 Å². The monoisotopic (exact) mass is 416 g/mol. The fourth-order valence-corrected chi connectivity index (χ4v) is 3.43. The second-order valence-electron chi connectivity index (χ2n) is 6.42. The van der Waals surface area contributed by atoms with Crippen LogP contribution >= 0.6 is 11.3 Å². The summed E-state index contributed by atoms with van der Waals surface area (Å²) in [6.45, 7) is 3.39. The number of hydrogen-bond donors (Lipinski definition) is 2. The van der Waals surface area contributed by atoms with Crippen LogP contribution in [0.25, 0.3) is 11.0 Å². The molecule has 152 valence electrons. The van der Waals surface area contributed by atoms with E-state index in [4.69, 9.17) is 19.6 Å². The lowest BCUT2D eigenvalue weighted by Crippen LogP contribution is -2.22. The summed E-state index contributed by atoms with van der Waals surface area (Å²) in [6.07, 6.45) is -0.0384. The molecule has 0 unspecified atom stereocenters. The van der Waals surface area contributed by atoms with Gasteiger partial charge in [-0.25, -0.2) is 4.79 Å². The zero-order chi connectivity index (χ0) is 21.0. The molecule has 9 heteroatoms. The van der Waals surface area contributed by atoms with Gasteiger partial charge in [0.2, 0.25) is 5.76 Å². The molecule has 0 radical (unpaired) electrons. The molecule has 0 atom stereocenters. The van der Waals surface area contributed by atoms with Gasteiger partial charge in [-0.1, -0.05) is 18.2 Å². The summed E-state index contributed by atoms with van der Waals surface area (Å²) < 4.78 is 16.4. The van der Waals surface area contributed by atoms with E-state index in [1.54, 1.807) is 17.5 Å². The number of anilines is 1. The quantitative estimate of drug-likeness (QED) is 0.544. The third-order valence-electron chi connectivity index (χ3n) is 3.96. The third-order valence-corrected chi connectivity index (χ3v) is 4.79. The van der Waals surface area contributed by atoms with Gasteiger partial charge < -0.3 is 24.9 Å². The highest BCUT2D eigenvalue weighted by Gasteiger charge is 2.23. The molecule has 3 N–H and O–H groups in total. The minimum atomic E-state index is -0.778. The topological polar surface area (TPSA) is 121 Å². The van der Waals surface area contributed by atoms with E-state index in [2.05, 4.69) is 5.32 Å². The number of rotatable bonds is 8. The van der Waals surface area contributed by atoms with Crippen LogP contribution in [0.5, 0.6) is 0 Å². The summed E-state index contributed by atoms with van der Waals surface area (Å²) in [5.74, 6) is -2.04. The van der Waals surface area contributed by atoms with E-state index in [1.807, 2.05) is 26.0 Å². The van der Waals surface area contributed by atoms with Crippen LogP contribution in [0, 0.1) is 0 Å². The largest absolute Gasteiger partial charge is 0.450 e. The van der Waals surface area contributed by atoms with E-state index >= 15 is 0 Å². The number of esters is 1. The van der Waals surface area contributed by atoms with E-state index in [0.29, 0.717) is 16.1 Å². The Bertz CT molecular complexity index is 1050. The molecule has 0 spiro atoms. The summed E-state index contributed by atoms with van der Waals surface area (Å²) in [4.78, 5) is 36.0. The number of fused-ring (bicyclic) bond motifs is 1. The first-order chi connectivity index (χ1) is 13.9. The predicted octanol–water partition coefficient (Wildman–Crippen LogP) is 3.31. The van der Waals surface area contributed by atoms with Crippen LogP contribution in [-0.2, 0) is 20.9 Å². The van der Waals surface area contributed by atoms with Gasteiger partial charge in [0, 0.05) is 10.9 Å². The smallest absolute Gasteiger partial charge is 0.375 e. The molecule has 8 nitrogen and oxygen atoms in total. The zero-order valence-corrected chi connectivity index (χ0v) is 16.7. The molecule has 0 aliphatic rings. The molecule has 0 saturated carbocycles. The molecule has 0 bridgehead atoms. The highest BCUT2D eigenvalue weighted by molar-refractivity contribution is 7.14. The summed E-state index contributed by atoms with van der Waals surface area (Å²) in [6, 6.07) is 8.68. The van der Waals surface area contributed by atoms with Gasteiger partial charge in [-0.15, -0.1) is 11.3 Å². The second kappa shape index (κ2) is 8.89. The Hall–Kier alpha value is -3.17. The van der Waals surface area contributed by atoms with Crippen LogP contribution in [0.3, 0.4) is 0 Å². The third kappa shape index (κ3) is 4.82. The Balaban J connectivity index is 1.71. The van der Waals surface area contributed by atoms with Gasteiger partial charge in [0.25, 0.3) is 11.8 Å². The molecule has 0 aliphatic heterocycles. The van der Waals surface area contributed by atoms with Crippen molar-refractivity contribution in [2.75, 3.05) is 11.9 Å². The summed E-state index contributed by atoms with van der Waals surface area (Å²) >= 11 is 1.14. The fourth-order valence-electron chi connectivity index (χ4n) is 2.62. The summed E-state index contributed by atoms with van der Waals surface area (Å²) in [5.41, 5.74) is 6.53. The van der Waals surface area contributed by atoms with Gasteiger partial charge in [-0.3, -0.25) is 9.59 Å². The zero-order valence-electron chi connectivity index (χ0n) is 15.9. The van der Waals surface area contributed by atoms with Crippen molar-refractivity contribution in [3.8, 4) is 0 Å². The highest BCUT2D eigenvalue weighted by atomic mass is 32.1. The Labute approximate surface area is 170 Å². The lowest BCUT2D eigenvalue weighted by molar-refractivity contribution is -0.119. The highest BCUT2D eigenvalue weighted by Crippen LogP contribution is 2.28. The number of nitrogens with two attached hydrogens (primary N) is 1. The minimum Gasteiger partial charge on any atom is -0.450 e. The number of para-hydroxylation sites is 1. The van der Waals surface area contributed by atoms with Crippen LogP contribution in [0.2, 0.25) is 0 Å². The molecule has 0 aliphatic carbocycles. The molecule has 0 fully saturated rings. The molecule has 2 aromatic heterocycles. The van der Waals surface area contributed by atoms with Gasteiger partial charge in [-0.2, -0.15) is 0 Å². The first kappa shape index (κ1) is 20.6. The average Bonchev–Trinajstić information content (AvgIpc) is 3.28. The summed E-state index contributed by atoms with van der Waals surface area (Å²) in [5, 5.41) is 5.17. The average molecular weight is 416 g/mol. The number of nitrogens with one attached hydrogen (secondary N) is 1. The number of thiophene rings is 1. The molecule has 3 rings (SSSR count). The predicted molar refractivity (Wildman–Crippen MR) is 108 cm³/mol. The van der Waals surface area contributed by atoms with Crippen LogP contribution in [-0.4, -0.2) is 30.5 Å². The molecular weight excluding hydrogens is 396 g/mol. The van der Waals surface area contributed by atoms with Crippen molar-refractivity contribution in [3.63, 3.8) is 0 Å². The van der Waals surface area contributed by atoms with E-state index in [-0.39, 0.29) is 24.0 Å². The van der Waals surface area contributed by atoms with E-state index in [1.165, 1.54) is 6.07 Å². The minimum absolute atomic E-state index is 0.00593. The van der Waals surface area contributed by atoms with Gasteiger partial charge >= 0.3 is 5.97 Å². The number of carbonyl (C=O) groups is 3. The van der Waals surface area contributed by atoms with Gasteiger partial charge in [0.1, 0.15) is 10.6 Å². The standard InChI is InChI=1S/C20H20N2O6S/c1-11(2)26-9-14-12-5-3-4-6-15(12)28-17(14)20(25)27-10-16(23)22-19-13(18(21)24)7-8-29-19/h3-8,11H,9-10H2,1-2H3,(H2,21,24)(H,22,23). The summed E-state index contributed by atoms with van der Waals surface area (Å²) in [7, 11) is 0. The molecular formula is C20H20N2O6S. The number of amides is 2. The Morgan fingerprint density at radius 1 is 1.21 bits per heavy atom. The SMILES string of the molecule is CC(C)OCc1c(C(=O)OCC(=O)Nc2sccc2C(N)=O)oc2ccccc12. The lowest BCUT2D eigenvalue weighted by Gasteiger charge is -2.08. The number of furan rings is 1. The maximum Gasteiger partial charge on any atom is 0.375 e.